The third-order valence-corrected chi connectivity index (χ3v) is 5.91. The summed E-state index contributed by atoms with van der Waals surface area (Å²) in [6.45, 7) is 3.03. The molecule has 0 spiro atoms. The molecule has 1 atom stereocenters. The fraction of sp³-hybridized carbons (Fsp3) is 0.412. The molecule has 6 heteroatoms. The Labute approximate surface area is 163 Å². The van der Waals surface area contributed by atoms with Gasteiger partial charge in [0.25, 0.3) is 5.91 Å². The number of rotatable bonds is 3. The Bertz CT molecular complexity index is 736. The number of aromatic nitrogens is 1. The zero-order valence-electron chi connectivity index (χ0n) is 12.9. The lowest BCUT2D eigenvalue weighted by Gasteiger charge is -2.33. The molecule has 2 aromatic rings. The van der Waals surface area contributed by atoms with Crippen LogP contribution < -0.4 is 4.74 Å². The van der Waals surface area contributed by atoms with Crippen LogP contribution in [0.2, 0.25) is 0 Å². The number of likely N-dealkylation sites (tertiary alicyclic amines) is 1. The molecule has 1 fully saturated rings. The van der Waals surface area contributed by atoms with E-state index < -0.39 is 0 Å². The minimum absolute atomic E-state index is 0.0654. The Balaban J connectivity index is 1.80. The number of amides is 1. The maximum Gasteiger partial charge on any atom is 0.260 e. The molecule has 0 saturated carbocycles. The fourth-order valence-electron chi connectivity index (χ4n) is 2.97. The van der Waals surface area contributed by atoms with Gasteiger partial charge in [0.15, 0.2) is 12.4 Å². The summed E-state index contributed by atoms with van der Waals surface area (Å²) < 4.78 is 8.03. The number of hydrogen-bond donors (Lipinski definition) is 0. The number of benzene rings is 1. The highest BCUT2D eigenvalue weighted by atomic mass is 127. The van der Waals surface area contributed by atoms with Crippen LogP contribution in [0, 0.1) is 7.14 Å². The number of halogens is 2. The fourth-order valence-corrected chi connectivity index (χ4v) is 5.03. The molecule has 23 heavy (non-hydrogen) atoms. The van der Waals surface area contributed by atoms with Crippen molar-refractivity contribution in [3.63, 3.8) is 0 Å². The molecule has 0 bridgehead atoms. The highest BCUT2D eigenvalue weighted by Gasteiger charge is 2.24. The second kappa shape index (κ2) is 7.50. The number of hydrogen-bond acceptors (Lipinski definition) is 3. The number of piperidine rings is 1. The summed E-state index contributed by atoms with van der Waals surface area (Å²) >= 11 is 4.55. The number of carbonyl (C=O) groups excluding carboxylic acids is 1. The first-order valence-corrected chi connectivity index (χ1v) is 9.88. The van der Waals surface area contributed by atoms with Crippen molar-refractivity contribution in [3.05, 3.63) is 31.5 Å². The monoisotopic (exact) mass is 536 g/mol. The van der Waals surface area contributed by atoms with E-state index in [1.807, 2.05) is 17.0 Å². The van der Waals surface area contributed by atoms with E-state index in [1.165, 1.54) is 6.42 Å². The van der Waals surface area contributed by atoms with Crippen LogP contribution >= 0.6 is 45.2 Å². The molecular weight excluding hydrogens is 518 g/mol. The average molecular weight is 536 g/mol. The lowest BCUT2D eigenvalue weighted by Crippen LogP contribution is -2.44. The van der Waals surface area contributed by atoms with E-state index in [0.29, 0.717) is 11.8 Å². The van der Waals surface area contributed by atoms with Crippen LogP contribution in [0.1, 0.15) is 26.2 Å². The molecule has 0 aliphatic carbocycles. The van der Waals surface area contributed by atoms with Gasteiger partial charge < -0.3 is 9.64 Å². The highest BCUT2D eigenvalue weighted by Crippen LogP contribution is 2.33. The number of ether oxygens (including phenoxy) is 1. The molecule has 1 amide bonds. The van der Waals surface area contributed by atoms with Crippen molar-refractivity contribution in [2.45, 2.75) is 32.2 Å². The molecule has 4 nitrogen and oxygen atoms in total. The van der Waals surface area contributed by atoms with Crippen LogP contribution in [-0.4, -0.2) is 35.0 Å². The smallest absolute Gasteiger partial charge is 0.260 e. The highest BCUT2D eigenvalue weighted by molar-refractivity contribution is 14.1. The summed E-state index contributed by atoms with van der Waals surface area (Å²) in [5.74, 6) is 0.773. The summed E-state index contributed by atoms with van der Waals surface area (Å²) in [5, 5.41) is 1.06. The van der Waals surface area contributed by atoms with E-state index >= 15 is 0 Å². The van der Waals surface area contributed by atoms with Gasteiger partial charge in [-0.1, -0.05) is 6.07 Å². The lowest BCUT2D eigenvalue weighted by molar-refractivity contribution is -0.136. The predicted octanol–water partition coefficient (Wildman–Crippen LogP) is 4.22. The van der Waals surface area contributed by atoms with Gasteiger partial charge in [-0.2, -0.15) is 0 Å². The van der Waals surface area contributed by atoms with Crippen molar-refractivity contribution in [2.24, 2.45) is 0 Å². The number of fused-ring (bicyclic) bond motifs is 1. The van der Waals surface area contributed by atoms with Crippen molar-refractivity contribution in [2.75, 3.05) is 13.2 Å². The molecule has 2 heterocycles. The third-order valence-electron chi connectivity index (χ3n) is 4.21. The Hall–Kier alpha value is -0.640. The van der Waals surface area contributed by atoms with Gasteiger partial charge in [0.2, 0.25) is 0 Å². The number of carbonyl (C=O) groups is 1. The van der Waals surface area contributed by atoms with Gasteiger partial charge in [0.1, 0.15) is 5.52 Å². The topological polar surface area (TPSA) is 42.4 Å². The second-order valence-corrected chi connectivity index (χ2v) is 8.11. The van der Waals surface area contributed by atoms with Gasteiger partial charge in [-0.15, -0.1) is 0 Å². The minimum Gasteiger partial charge on any atom is -0.480 e. The predicted molar refractivity (Wildman–Crippen MR) is 108 cm³/mol. The summed E-state index contributed by atoms with van der Waals surface area (Å²) in [6.07, 6.45) is 5.13. The molecule has 0 N–H and O–H groups in total. The Morgan fingerprint density at radius 1 is 1.39 bits per heavy atom. The summed E-state index contributed by atoms with van der Waals surface area (Å²) in [4.78, 5) is 18.9. The number of nitrogens with zero attached hydrogens (tertiary/aromatic N) is 2. The van der Waals surface area contributed by atoms with E-state index in [-0.39, 0.29) is 12.5 Å². The standard InChI is InChI=1S/C17H18I2N2O2/c1-11-5-2-3-8-21(11)15(22)10-23-17-14(19)9-13(18)12-6-4-7-20-16(12)17/h4,6-7,9,11H,2-3,5,8,10H2,1H3. The zero-order chi connectivity index (χ0) is 16.4. The Kier molecular flexibility index (Phi) is 5.61. The van der Waals surface area contributed by atoms with Gasteiger partial charge in [0.05, 0.1) is 3.57 Å². The van der Waals surface area contributed by atoms with Gasteiger partial charge in [-0.25, -0.2) is 0 Å². The summed E-state index contributed by atoms with van der Waals surface area (Å²) in [7, 11) is 0. The second-order valence-electron chi connectivity index (χ2n) is 5.79. The van der Waals surface area contributed by atoms with Crippen molar-refractivity contribution in [1.82, 2.24) is 9.88 Å². The molecule has 0 radical (unpaired) electrons. The molecule has 1 aliphatic heterocycles. The molecule has 1 aromatic carbocycles. The maximum absolute atomic E-state index is 12.5. The van der Waals surface area contributed by atoms with E-state index in [2.05, 4.69) is 63.2 Å². The molecule has 122 valence electrons. The van der Waals surface area contributed by atoms with Gasteiger partial charge >= 0.3 is 0 Å². The summed E-state index contributed by atoms with van der Waals surface area (Å²) in [6, 6.07) is 6.32. The van der Waals surface area contributed by atoms with E-state index in [9.17, 15) is 4.79 Å². The molecule has 1 saturated heterocycles. The SMILES string of the molecule is CC1CCCCN1C(=O)COc1c(I)cc(I)c2cccnc12. The Morgan fingerprint density at radius 2 is 2.22 bits per heavy atom. The van der Waals surface area contributed by atoms with Crippen molar-refractivity contribution < 1.29 is 9.53 Å². The first-order chi connectivity index (χ1) is 11.1. The molecule has 1 aromatic heterocycles. The quantitative estimate of drug-likeness (QED) is 0.553. The lowest BCUT2D eigenvalue weighted by atomic mass is 10.0. The summed E-state index contributed by atoms with van der Waals surface area (Å²) in [5.41, 5.74) is 0.822. The first-order valence-electron chi connectivity index (χ1n) is 7.73. The third kappa shape index (κ3) is 3.72. The van der Waals surface area contributed by atoms with Gasteiger partial charge in [-0.3, -0.25) is 9.78 Å². The molecule has 1 unspecified atom stereocenters. The van der Waals surface area contributed by atoms with Gasteiger partial charge in [-0.05, 0) is 83.5 Å². The maximum atomic E-state index is 12.5. The average Bonchev–Trinajstić information content (AvgIpc) is 2.55. The van der Waals surface area contributed by atoms with Crippen LogP contribution in [0.5, 0.6) is 5.75 Å². The van der Waals surface area contributed by atoms with Crippen molar-refractivity contribution >= 4 is 62.0 Å². The minimum atomic E-state index is 0.0654. The molecular formula is C17H18I2N2O2. The molecule has 1 aliphatic rings. The normalized spacial score (nSPS) is 18.2. The van der Waals surface area contributed by atoms with Crippen LogP contribution in [0.3, 0.4) is 0 Å². The first kappa shape index (κ1) is 17.2. The largest absolute Gasteiger partial charge is 0.480 e. The zero-order valence-corrected chi connectivity index (χ0v) is 17.2. The van der Waals surface area contributed by atoms with Crippen molar-refractivity contribution in [1.29, 1.82) is 0 Å². The van der Waals surface area contributed by atoms with Crippen molar-refractivity contribution in [3.8, 4) is 5.75 Å². The Morgan fingerprint density at radius 3 is 3.00 bits per heavy atom. The number of pyridine rings is 1. The van der Waals surface area contributed by atoms with Crippen LogP contribution in [0.25, 0.3) is 10.9 Å². The van der Waals surface area contributed by atoms with E-state index in [0.717, 1.165) is 37.4 Å². The van der Waals surface area contributed by atoms with Gasteiger partial charge in [0, 0.05) is 27.7 Å². The van der Waals surface area contributed by atoms with Crippen LogP contribution in [0.4, 0.5) is 0 Å². The van der Waals surface area contributed by atoms with Crippen LogP contribution in [-0.2, 0) is 4.79 Å². The molecule has 3 rings (SSSR count). The van der Waals surface area contributed by atoms with Crippen LogP contribution in [0.15, 0.2) is 24.4 Å². The van der Waals surface area contributed by atoms with E-state index in [1.54, 1.807) is 6.20 Å². The van der Waals surface area contributed by atoms with E-state index in [4.69, 9.17) is 4.74 Å².